The van der Waals surface area contributed by atoms with Gasteiger partial charge in [0.05, 0.1) is 18.8 Å². The Labute approximate surface area is 142 Å². The van der Waals surface area contributed by atoms with Gasteiger partial charge in [-0.05, 0) is 6.42 Å². The molecule has 0 bridgehead atoms. The fourth-order valence-electron chi connectivity index (χ4n) is 2.69. The molecule has 0 saturated carbocycles. The van der Waals surface area contributed by atoms with E-state index in [1.807, 2.05) is 0 Å². The lowest BCUT2D eigenvalue weighted by Crippen LogP contribution is -2.25. The zero-order valence-electron chi connectivity index (χ0n) is 14.9. The molecule has 0 aromatic rings. The smallest absolute Gasteiger partial charge is 0.264 e. The third-order valence-electron chi connectivity index (χ3n) is 3.87. The van der Waals surface area contributed by atoms with E-state index >= 15 is 0 Å². The van der Waals surface area contributed by atoms with Gasteiger partial charge in [0.1, 0.15) is 0 Å². The highest BCUT2D eigenvalue weighted by atomic mass is 32.2. The minimum atomic E-state index is -3.54. The third-order valence-corrected chi connectivity index (χ3v) is 4.49. The summed E-state index contributed by atoms with van der Waals surface area (Å²) < 4.78 is 27.2. The fraction of sp³-hybridized carbons (Fsp3) is 0.941. The van der Waals surface area contributed by atoms with Crippen LogP contribution in [0, 0.1) is 0 Å². The highest BCUT2D eigenvalue weighted by Gasteiger charge is 2.17. The lowest BCUT2D eigenvalue weighted by Gasteiger charge is -2.14. The Balaban J connectivity index is 3.60. The number of rotatable bonds is 16. The monoisotopic (exact) mass is 349 g/mol. The van der Waals surface area contributed by atoms with E-state index in [4.69, 9.17) is 9.92 Å². The molecular weight excluding hydrogens is 314 g/mol. The largest absolute Gasteiger partial charge is 0.370 e. The van der Waals surface area contributed by atoms with E-state index in [2.05, 4.69) is 6.92 Å². The molecule has 1 atom stereocenters. The maximum Gasteiger partial charge on any atom is 0.264 e. The number of hydrogen-bond acceptors (Lipinski definition) is 4. The van der Waals surface area contributed by atoms with E-state index in [0.717, 1.165) is 25.5 Å². The first-order chi connectivity index (χ1) is 10.8. The van der Waals surface area contributed by atoms with Crippen molar-refractivity contribution >= 4 is 16.0 Å². The van der Waals surface area contributed by atoms with Gasteiger partial charge >= 0.3 is 0 Å². The maximum absolute atomic E-state index is 11.2. The second-order valence-corrected chi connectivity index (χ2v) is 8.02. The lowest BCUT2D eigenvalue weighted by atomic mass is 10.0. The molecular formula is C17H35NO4S. The van der Waals surface area contributed by atoms with Crippen molar-refractivity contribution in [3.8, 4) is 0 Å². The molecule has 0 saturated heterocycles. The van der Waals surface area contributed by atoms with Crippen molar-refractivity contribution in [2.75, 3.05) is 6.26 Å². The molecule has 0 heterocycles. The van der Waals surface area contributed by atoms with Crippen LogP contribution < -0.4 is 5.73 Å². The van der Waals surface area contributed by atoms with Gasteiger partial charge in [0.15, 0.2) is 0 Å². The van der Waals surface area contributed by atoms with Crippen LogP contribution in [-0.2, 0) is 19.1 Å². The van der Waals surface area contributed by atoms with Gasteiger partial charge in [-0.2, -0.15) is 8.42 Å². The Morgan fingerprint density at radius 3 is 1.74 bits per heavy atom. The maximum atomic E-state index is 11.2. The van der Waals surface area contributed by atoms with Crippen LogP contribution in [0.1, 0.15) is 90.4 Å². The molecule has 0 aromatic carbocycles. The highest BCUT2D eigenvalue weighted by molar-refractivity contribution is 7.86. The average Bonchev–Trinajstić information content (AvgIpc) is 2.42. The topological polar surface area (TPSA) is 86.5 Å². The second kappa shape index (κ2) is 13.8. The number of carbonyl (C=O) groups excluding carboxylic acids is 1. The summed E-state index contributed by atoms with van der Waals surface area (Å²) >= 11 is 0. The number of unbranched alkanes of at least 4 members (excludes halogenated alkanes) is 10. The summed E-state index contributed by atoms with van der Waals surface area (Å²) in [6.07, 6.45) is 14.5. The first-order valence-corrected chi connectivity index (χ1v) is 10.8. The number of primary amides is 1. The highest BCUT2D eigenvalue weighted by Crippen LogP contribution is 2.15. The number of amides is 1. The van der Waals surface area contributed by atoms with Crippen LogP contribution in [0.4, 0.5) is 0 Å². The molecule has 0 aliphatic carbocycles. The molecule has 0 spiro atoms. The van der Waals surface area contributed by atoms with Crippen LogP contribution >= 0.6 is 0 Å². The first-order valence-electron chi connectivity index (χ1n) is 9.01. The van der Waals surface area contributed by atoms with Crippen molar-refractivity contribution in [1.82, 2.24) is 0 Å². The van der Waals surface area contributed by atoms with Crippen molar-refractivity contribution in [2.45, 2.75) is 96.5 Å². The lowest BCUT2D eigenvalue weighted by molar-refractivity contribution is -0.119. The molecule has 0 unspecified atom stereocenters. The predicted octanol–water partition coefficient (Wildman–Crippen LogP) is 3.91. The minimum absolute atomic E-state index is 0.0369. The standard InChI is InChI=1S/C17H35NO4S/c1-3-4-5-6-7-8-9-10-11-12-13-14-16(15-17(18)19)22-23(2,20)21/h16H,3-15H2,1-2H3,(H2,18,19)/t16-/m0/s1. The van der Waals surface area contributed by atoms with E-state index in [9.17, 15) is 13.2 Å². The molecule has 0 rings (SSSR count). The van der Waals surface area contributed by atoms with E-state index < -0.39 is 22.1 Å². The fourth-order valence-corrected chi connectivity index (χ4v) is 3.35. The van der Waals surface area contributed by atoms with E-state index in [1.165, 1.54) is 51.4 Å². The Morgan fingerprint density at radius 1 is 0.913 bits per heavy atom. The van der Waals surface area contributed by atoms with E-state index in [-0.39, 0.29) is 6.42 Å². The molecule has 0 radical (unpaired) electrons. The summed E-state index contributed by atoms with van der Waals surface area (Å²) in [4.78, 5) is 10.9. The molecule has 0 aliphatic rings. The van der Waals surface area contributed by atoms with Gasteiger partial charge in [0, 0.05) is 0 Å². The van der Waals surface area contributed by atoms with E-state index in [0.29, 0.717) is 6.42 Å². The van der Waals surface area contributed by atoms with Gasteiger partial charge in [0.25, 0.3) is 10.1 Å². The summed E-state index contributed by atoms with van der Waals surface area (Å²) in [5.74, 6) is -0.526. The van der Waals surface area contributed by atoms with Crippen LogP contribution in [0.25, 0.3) is 0 Å². The van der Waals surface area contributed by atoms with Gasteiger partial charge in [0.2, 0.25) is 5.91 Å². The quantitative estimate of drug-likeness (QED) is 0.338. The van der Waals surface area contributed by atoms with E-state index in [1.54, 1.807) is 0 Å². The zero-order valence-corrected chi connectivity index (χ0v) is 15.7. The van der Waals surface area contributed by atoms with Gasteiger partial charge in [-0.1, -0.05) is 77.6 Å². The molecule has 0 aliphatic heterocycles. The first kappa shape index (κ1) is 22.4. The van der Waals surface area contributed by atoms with Crippen molar-refractivity contribution in [1.29, 1.82) is 0 Å². The Hall–Kier alpha value is -0.620. The molecule has 0 aromatic heterocycles. The molecule has 23 heavy (non-hydrogen) atoms. The normalized spacial score (nSPS) is 13.1. The minimum Gasteiger partial charge on any atom is -0.370 e. The summed E-state index contributed by atoms with van der Waals surface area (Å²) in [5, 5.41) is 0. The van der Waals surface area contributed by atoms with Crippen LogP contribution in [0.2, 0.25) is 0 Å². The number of nitrogens with two attached hydrogens (primary N) is 1. The molecule has 1 amide bonds. The second-order valence-electron chi connectivity index (χ2n) is 6.42. The molecule has 0 fully saturated rings. The van der Waals surface area contributed by atoms with Gasteiger partial charge in [-0.3, -0.25) is 8.98 Å². The Kier molecular flexibility index (Phi) is 13.4. The molecule has 6 heteroatoms. The van der Waals surface area contributed by atoms with Crippen molar-refractivity contribution in [3.63, 3.8) is 0 Å². The van der Waals surface area contributed by atoms with Crippen molar-refractivity contribution < 1.29 is 17.4 Å². The third kappa shape index (κ3) is 17.6. The van der Waals surface area contributed by atoms with Crippen molar-refractivity contribution in [2.24, 2.45) is 5.73 Å². The van der Waals surface area contributed by atoms with Gasteiger partial charge in [-0.15, -0.1) is 0 Å². The average molecular weight is 350 g/mol. The zero-order chi connectivity index (χ0) is 17.6. The Bertz CT molecular complexity index is 395. The van der Waals surface area contributed by atoms with Crippen molar-refractivity contribution in [3.05, 3.63) is 0 Å². The molecule has 5 nitrogen and oxygen atoms in total. The summed E-state index contributed by atoms with van der Waals surface area (Å²) in [6, 6.07) is 0. The Morgan fingerprint density at radius 2 is 1.35 bits per heavy atom. The van der Waals surface area contributed by atoms with Crippen LogP contribution in [0.15, 0.2) is 0 Å². The van der Waals surface area contributed by atoms with Gasteiger partial charge < -0.3 is 5.73 Å². The summed E-state index contributed by atoms with van der Waals surface area (Å²) in [5.41, 5.74) is 5.13. The summed E-state index contributed by atoms with van der Waals surface area (Å²) in [6.45, 7) is 2.23. The predicted molar refractivity (Wildman–Crippen MR) is 94.6 cm³/mol. The molecule has 138 valence electrons. The van der Waals surface area contributed by atoms with Crippen LogP contribution in [-0.4, -0.2) is 26.7 Å². The van der Waals surface area contributed by atoms with Crippen LogP contribution in [0.5, 0.6) is 0 Å². The number of hydrogen-bond donors (Lipinski definition) is 1. The van der Waals surface area contributed by atoms with Crippen LogP contribution in [0.3, 0.4) is 0 Å². The summed E-state index contributed by atoms with van der Waals surface area (Å²) in [7, 11) is -3.54. The number of carbonyl (C=O) groups is 1. The molecule has 2 N–H and O–H groups in total. The SMILES string of the molecule is CCCCCCCCCCCCC[C@@H](CC(N)=O)OS(C)(=O)=O. The van der Waals surface area contributed by atoms with Gasteiger partial charge in [-0.25, -0.2) is 0 Å².